The topological polar surface area (TPSA) is 56.9 Å². The normalized spacial score (nSPS) is 14.2. The molecule has 1 aromatic heterocycles. The summed E-state index contributed by atoms with van der Waals surface area (Å²) in [7, 11) is 1.91. The molecule has 0 atom stereocenters. The van der Waals surface area contributed by atoms with Gasteiger partial charge in [0.05, 0.1) is 5.57 Å². The molecule has 4 nitrogen and oxygen atoms in total. The fourth-order valence-corrected chi connectivity index (χ4v) is 3.90. The van der Waals surface area contributed by atoms with E-state index in [1.54, 1.807) is 6.07 Å². The lowest BCUT2D eigenvalue weighted by Crippen LogP contribution is -2.03. The quantitative estimate of drug-likeness (QED) is 0.388. The van der Waals surface area contributed by atoms with E-state index in [2.05, 4.69) is 36.0 Å². The molecule has 5 heteroatoms. The number of hydrogen-bond donors (Lipinski definition) is 3. The first-order valence-electron chi connectivity index (χ1n) is 10.3. The zero-order chi connectivity index (χ0) is 21.0. The monoisotopic (exact) mass is 395 g/mol. The number of aryl methyl sites for hydroxylation is 1. The standard InChI is InChI=1S/C24H30FN3O/c1-15(26-4)9-7-5-6-8-10-19-16(2)23(27-17(19)3)14-21-20-13-18(25)11-12-22(20)28-24(21)29/h11-14,26-27H,1,5-10H2,2-4H3,(H,28,29)/b21-14-. The number of anilines is 1. The molecular weight excluding hydrogens is 365 g/mol. The molecule has 29 heavy (non-hydrogen) atoms. The number of aromatic amines is 1. The van der Waals surface area contributed by atoms with Crippen molar-refractivity contribution in [3.05, 3.63) is 64.4 Å². The number of carbonyl (C=O) groups is 1. The maximum atomic E-state index is 13.7. The van der Waals surface area contributed by atoms with E-state index >= 15 is 0 Å². The smallest absolute Gasteiger partial charge is 0.256 e. The van der Waals surface area contributed by atoms with Crippen molar-refractivity contribution in [2.75, 3.05) is 12.4 Å². The highest BCUT2D eigenvalue weighted by Gasteiger charge is 2.25. The second-order valence-electron chi connectivity index (χ2n) is 7.74. The van der Waals surface area contributed by atoms with E-state index in [9.17, 15) is 9.18 Å². The molecule has 0 saturated heterocycles. The van der Waals surface area contributed by atoms with Crippen LogP contribution < -0.4 is 10.6 Å². The third-order valence-electron chi connectivity index (χ3n) is 5.69. The van der Waals surface area contributed by atoms with E-state index in [0.717, 1.165) is 48.3 Å². The second-order valence-corrected chi connectivity index (χ2v) is 7.74. The summed E-state index contributed by atoms with van der Waals surface area (Å²) in [5.41, 5.74) is 7.40. The molecule has 1 aliphatic rings. The van der Waals surface area contributed by atoms with Gasteiger partial charge in [0.2, 0.25) is 0 Å². The highest BCUT2D eigenvalue weighted by molar-refractivity contribution is 6.34. The Bertz CT molecular complexity index is 955. The summed E-state index contributed by atoms with van der Waals surface area (Å²) in [5.74, 6) is -0.536. The molecule has 1 aliphatic heterocycles. The molecule has 3 N–H and O–H groups in total. The lowest BCUT2D eigenvalue weighted by molar-refractivity contribution is -0.110. The van der Waals surface area contributed by atoms with Gasteiger partial charge in [-0.3, -0.25) is 4.79 Å². The van der Waals surface area contributed by atoms with Gasteiger partial charge in [-0.05, 0) is 74.9 Å². The molecule has 0 spiro atoms. The van der Waals surface area contributed by atoms with Crippen LogP contribution >= 0.6 is 0 Å². The maximum Gasteiger partial charge on any atom is 0.256 e. The fraction of sp³-hybridized carbons (Fsp3) is 0.375. The van der Waals surface area contributed by atoms with Gasteiger partial charge in [0.15, 0.2) is 0 Å². The van der Waals surface area contributed by atoms with E-state index < -0.39 is 0 Å². The number of fused-ring (bicyclic) bond motifs is 1. The van der Waals surface area contributed by atoms with Gasteiger partial charge in [0, 0.05) is 35.4 Å². The molecule has 0 unspecified atom stereocenters. The fourth-order valence-electron chi connectivity index (χ4n) is 3.90. The van der Waals surface area contributed by atoms with Crippen LogP contribution in [0.5, 0.6) is 0 Å². The van der Waals surface area contributed by atoms with Crippen LogP contribution in [0.4, 0.5) is 10.1 Å². The first kappa shape index (κ1) is 20.9. The van der Waals surface area contributed by atoms with Crippen molar-refractivity contribution in [2.45, 2.75) is 52.4 Å². The Hall–Kier alpha value is -2.82. The van der Waals surface area contributed by atoms with Crippen molar-refractivity contribution >= 4 is 23.2 Å². The van der Waals surface area contributed by atoms with Crippen LogP contribution in [0.25, 0.3) is 11.6 Å². The number of allylic oxidation sites excluding steroid dienone is 1. The number of H-pyrrole nitrogens is 1. The second kappa shape index (κ2) is 9.12. The zero-order valence-electron chi connectivity index (χ0n) is 17.5. The average Bonchev–Trinajstić information content (AvgIpc) is 3.14. The summed E-state index contributed by atoms with van der Waals surface area (Å²) in [6.45, 7) is 8.12. The molecule has 1 aromatic carbocycles. The van der Waals surface area contributed by atoms with E-state index in [0.29, 0.717) is 16.8 Å². The summed E-state index contributed by atoms with van der Waals surface area (Å²) in [5, 5.41) is 5.89. The van der Waals surface area contributed by atoms with Crippen molar-refractivity contribution < 1.29 is 9.18 Å². The average molecular weight is 396 g/mol. The first-order valence-corrected chi connectivity index (χ1v) is 10.3. The molecule has 0 saturated carbocycles. The highest BCUT2D eigenvalue weighted by atomic mass is 19.1. The minimum absolute atomic E-state index is 0.193. The first-order chi connectivity index (χ1) is 13.9. The van der Waals surface area contributed by atoms with E-state index in [1.807, 2.05) is 13.1 Å². The maximum absolute atomic E-state index is 13.7. The minimum Gasteiger partial charge on any atom is -0.392 e. The van der Waals surface area contributed by atoms with Crippen molar-refractivity contribution in [1.82, 2.24) is 10.3 Å². The van der Waals surface area contributed by atoms with Gasteiger partial charge in [0.25, 0.3) is 5.91 Å². The van der Waals surface area contributed by atoms with Crippen LogP contribution in [0.2, 0.25) is 0 Å². The van der Waals surface area contributed by atoms with Gasteiger partial charge in [-0.15, -0.1) is 0 Å². The summed E-state index contributed by atoms with van der Waals surface area (Å²) in [6.07, 6.45) is 8.57. The lowest BCUT2D eigenvalue weighted by Gasteiger charge is -2.05. The van der Waals surface area contributed by atoms with Crippen molar-refractivity contribution in [1.29, 1.82) is 0 Å². The van der Waals surface area contributed by atoms with E-state index in [-0.39, 0.29) is 11.7 Å². The van der Waals surface area contributed by atoms with E-state index in [1.165, 1.54) is 30.5 Å². The van der Waals surface area contributed by atoms with Crippen LogP contribution in [-0.2, 0) is 11.2 Å². The Kier molecular flexibility index (Phi) is 6.57. The number of halogens is 1. The third kappa shape index (κ3) is 4.78. The largest absolute Gasteiger partial charge is 0.392 e. The number of nitrogens with one attached hydrogen (secondary N) is 3. The number of hydrogen-bond acceptors (Lipinski definition) is 2. The molecule has 2 heterocycles. The summed E-state index contributed by atoms with van der Waals surface area (Å²) < 4.78 is 13.7. The Morgan fingerprint density at radius 1 is 1.21 bits per heavy atom. The molecule has 0 aliphatic carbocycles. The summed E-state index contributed by atoms with van der Waals surface area (Å²) >= 11 is 0. The van der Waals surface area contributed by atoms with Crippen molar-refractivity contribution in [2.24, 2.45) is 0 Å². The Morgan fingerprint density at radius 3 is 2.72 bits per heavy atom. The molecule has 154 valence electrons. The number of aromatic nitrogens is 1. The van der Waals surface area contributed by atoms with Gasteiger partial charge >= 0.3 is 0 Å². The number of carbonyl (C=O) groups excluding carboxylic acids is 1. The third-order valence-corrected chi connectivity index (χ3v) is 5.69. The molecule has 0 fully saturated rings. The summed E-state index contributed by atoms with van der Waals surface area (Å²) in [4.78, 5) is 15.8. The van der Waals surface area contributed by atoms with Crippen LogP contribution in [0, 0.1) is 19.7 Å². The molecule has 0 bridgehead atoms. The van der Waals surface area contributed by atoms with Gasteiger partial charge in [-0.2, -0.15) is 0 Å². The van der Waals surface area contributed by atoms with Crippen LogP contribution in [0.1, 0.15) is 60.2 Å². The van der Waals surface area contributed by atoms with Crippen molar-refractivity contribution in [3.8, 4) is 0 Å². The minimum atomic E-state index is -0.343. The Morgan fingerprint density at radius 2 is 1.97 bits per heavy atom. The van der Waals surface area contributed by atoms with Crippen LogP contribution in [0.15, 0.2) is 30.5 Å². The Balaban J connectivity index is 1.67. The highest BCUT2D eigenvalue weighted by Crippen LogP contribution is 2.34. The molecule has 2 aromatic rings. The van der Waals surface area contributed by atoms with Crippen LogP contribution in [0.3, 0.4) is 0 Å². The lowest BCUT2D eigenvalue weighted by atomic mass is 10.0. The summed E-state index contributed by atoms with van der Waals surface area (Å²) in [6, 6.07) is 4.38. The zero-order valence-corrected chi connectivity index (χ0v) is 17.5. The molecule has 3 rings (SSSR count). The van der Waals surface area contributed by atoms with Crippen molar-refractivity contribution in [3.63, 3.8) is 0 Å². The number of rotatable bonds is 9. The van der Waals surface area contributed by atoms with Gasteiger partial charge in [0.1, 0.15) is 5.82 Å². The molecule has 1 amide bonds. The van der Waals surface area contributed by atoms with Crippen LogP contribution in [-0.4, -0.2) is 17.9 Å². The molecular formula is C24H30FN3O. The predicted octanol–water partition coefficient (Wildman–Crippen LogP) is 5.49. The number of unbranched alkanes of at least 4 members (excludes halogenated alkanes) is 3. The number of benzene rings is 1. The number of amides is 1. The molecule has 0 radical (unpaired) electrons. The predicted molar refractivity (Wildman–Crippen MR) is 118 cm³/mol. The SMILES string of the molecule is C=C(CCCCCCc1c(C)[nH]c(/C=C2\C(=O)Nc3ccc(F)cc32)c1C)NC. The van der Waals surface area contributed by atoms with Gasteiger partial charge in [-0.25, -0.2) is 4.39 Å². The van der Waals surface area contributed by atoms with Gasteiger partial charge in [-0.1, -0.05) is 19.4 Å². The Labute approximate surface area is 172 Å². The van der Waals surface area contributed by atoms with Gasteiger partial charge < -0.3 is 15.6 Å². The van der Waals surface area contributed by atoms with E-state index in [4.69, 9.17) is 0 Å².